The molecule has 0 aromatic heterocycles. The Morgan fingerprint density at radius 2 is 1.90 bits per heavy atom. The highest BCUT2D eigenvalue weighted by molar-refractivity contribution is 6.64. The zero-order chi connectivity index (χ0) is 7.82. The monoisotopic (exact) mass is 152 g/mol. The van der Waals surface area contributed by atoms with Gasteiger partial charge >= 0.3 is 14.1 Å². The van der Waals surface area contributed by atoms with Gasteiger partial charge in [-0.15, -0.1) is 5.92 Å². The molecule has 0 aromatic rings. The third-order valence-electron chi connectivity index (χ3n) is 1.30. The van der Waals surface area contributed by atoms with Crippen LogP contribution in [0.25, 0.3) is 0 Å². The van der Waals surface area contributed by atoms with Crippen LogP contribution in [0.5, 0.6) is 0 Å². The molecule has 0 aliphatic heterocycles. The highest BCUT2D eigenvalue weighted by atomic mass is 27.2. The van der Waals surface area contributed by atoms with Crippen molar-refractivity contribution in [2.24, 2.45) is 0 Å². The third-order valence-corrected chi connectivity index (χ3v) is 2.08. The van der Waals surface area contributed by atoms with Crippen molar-refractivity contribution in [2.45, 2.75) is 44.2 Å². The minimum absolute atomic E-state index is 0.583. The number of hydrogen-bond donors (Lipinski definition) is 0. The molecule has 0 radical (unpaired) electrons. The molecule has 0 rings (SSSR count). The zero-order valence-electron chi connectivity index (χ0n) is 7.41. The Morgan fingerprint density at radius 1 is 1.20 bits per heavy atom. The van der Waals surface area contributed by atoms with Crippen LogP contribution in [0.3, 0.4) is 0 Å². The summed E-state index contributed by atoms with van der Waals surface area (Å²) in [6, 6.07) is 0. The average molecular weight is 152 g/mol. The number of hydrogen-bond acceptors (Lipinski definition) is 0. The molecule has 0 atom stereocenters. The number of rotatable bonds is 3. The van der Waals surface area contributed by atoms with Crippen LogP contribution in [0.4, 0.5) is 0 Å². The van der Waals surface area contributed by atoms with Crippen LogP contribution in [-0.2, 0) is 0 Å². The molecule has 0 spiro atoms. The fourth-order valence-corrected chi connectivity index (χ4v) is 1.29. The van der Waals surface area contributed by atoms with E-state index in [-0.39, 0.29) is 0 Å². The standard InChI is InChI=1S/C7H11.2CH3.Al/c1-3-5-7-6-4-2;;;/h3,5-7H2,1H3;2*1H3;. The lowest BCUT2D eigenvalue weighted by atomic mass is 10.2. The van der Waals surface area contributed by atoms with E-state index in [4.69, 9.17) is 0 Å². The fraction of sp³-hybridized carbons (Fsp3) is 0.778. The lowest BCUT2D eigenvalue weighted by Gasteiger charge is -1.88. The van der Waals surface area contributed by atoms with Crippen molar-refractivity contribution < 1.29 is 0 Å². The van der Waals surface area contributed by atoms with Crippen molar-refractivity contribution in [2.75, 3.05) is 0 Å². The first-order chi connectivity index (χ1) is 4.77. The Morgan fingerprint density at radius 3 is 2.40 bits per heavy atom. The predicted octanol–water partition coefficient (Wildman–Crippen LogP) is 2.86. The number of unbranched alkanes of at least 4 members (excludes halogenated alkanes) is 3. The summed E-state index contributed by atoms with van der Waals surface area (Å²) < 4.78 is 0. The minimum atomic E-state index is -0.583. The normalized spacial score (nSPS) is 8.30. The van der Waals surface area contributed by atoms with Crippen molar-refractivity contribution in [3.63, 3.8) is 0 Å². The van der Waals surface area contributed by atoms with Gasteiger partial charge in [-0.3, -0.25) is 0 Å². The van der Waals surface area contributed by atoms with Crippen LogP contribution in [0.15, 0.2) is 0 Å². The molecular formula is C9H17Al. The van der Waals surface area contributed by atoms with E-state index in [1.54, 1.807) is 0 Å². The van der Waals surface area contributed by atoms with E-state index in [1.807, 2.05) is 0 Å². The van der Waals surface area contributed by atoms with Crippen molar-refractivity contribution in [1.82, 2.24) is 0 Å². The van der Waals surface area contributed by atoms with Gasteiger partial charge in [0, 0.05) is 6.42 Å². The molecule has 0 unspecified atom stereocenters. The highest BCUT2D eigenvalue weighted by Gasteiger charge is 1.92. The van der Waals surface area contributed by atoms with Crippen molar-refractivity contribution in [1.29, 1.82) is 0 Å². The molecule has 1 heteroatoms. The second-order valence-corrected chi connectivity index (χ2v) is 5.53. The SMILES string of the molecule is CCCCCC#[C][Al]([CH3])[CH3]. The van der Waals surface area contributed by atoms with Gasteiger partial charge in [0.1, 0.15) is 0 Å². The summed E-state index contributed by atoms with van der Waals surface area (Å²) in [5.41, 5.74) is 0. The Labute approximate surface area is 69.4 Å². The molecule has 0 aliphatic rings. The van der Waals surface area contributed by atoms with Crippen LogP contribution in [0.2, 0.25) is 11.6 Å². The van der Waals surface area contributed by atoms with E-state index in [0.717, 1.165) is 6.42 Å². The first-order valence-corrected chi connectivity index (χ1v) is 7.14. The molecule has 0 aliphatic carbocycles. The van der Waals surface area contributed by atoms with Gasteiger partial charge in [-0.05, 0) is 6.42 Å². The van der Waals surface area contributed by atoms with Crippen molar-refractivity contribution >= 4 is 14.1 Å². The van der Waals surface area contributed by atoms with Crippen LogP contribution in [0, 0.1) is 10.7 Å². The van der Waals surface area contributed by atoms with Gasteiger partial charge in [0.2, 0.25) is 0 Å². The van der Waals surface area contributed by atoms with Gasteiger partial charge in [0.05, 0.1) is 0 Å². The first-order valence-electron chi connectivity index (χ1n) is 4.25. The quantitative estimate of drug-likeness (QED) is 0.331. The molecule has 56 valence electrons. The highest BCUT2D eigenvalue weighted by Crippen LogP contribution is 1.96. The van der Waals surface area contributed by atoms with Gasteiger partial charge in [0.15, 0.2) is 0 Å². The molecule has 0 bridgehead atoms. The topological polar surface area (TPSA) is 0 Å². The Hall–Kier alpha value is 0.0925. The molecule has 0 amide bonds. The molecule has 0 saturated carbocycles. The van der Waals surface area contributed by atoms with Crippen LogP contribution < -0.4 is 0 Å². The Balaban J connectivity index is 3.12. The fourth-order valence-electron chi connectivity index (χ4n) is 0.740. The summed E-state index contributed by atoms with van der Waals surface area (Å²) >= 11 is -0.583. The van der Waals surface area contributed by atoms with E-state index in [9.17, 15) is 0 Å². The molecule has 0 nitrogen and oxygen atoms in total. The van der Waals surface area contributed by atoms with Gasteiger partial charge in [0.25, 0.3) is 0 Å². The molecule has 0 fully saturated rings. The molecule has 0 heterocycles. The smallest absolute Gasteiger partial charge is 0.205 e. The minimum Gasteiger partial charge on any atom is -0.205 e. The zero-order valence-corrected chi connectivity index (χ0v) is 8.56. The van der Waals surface area contributed by atoms with Gasteiger partial charge < -0.3 is 0 Å². The van der Waals surface area contributed by atoms with Crippen molar-refractivity contribution in [3.05, 3.63) is 0 Å². The summed E-state index contributed by atoms with van der Waals surface area (Å²) in [4.78, 5) is 3.29. The van der Waals surface area contributed by atoms with Gasteiger partial charge in [-0.2, -0.15) is 0 Å². The van der Waals surface area contributed by atoms with E-state index in [2.05, 4.69) is 29.2 Å². The van der Waals surface area contributed by atoms with Crippen LogP contribution in [-0.4, -0.2) is 14.1 Å². The van der Waals surface area contributed by atoms with Crippen LogP contribution >= 0.6 is 0 Å². The maximum absolute atomic E-state index is 3.29. The Kier molecular flexibility index (Phi) is 7.27. The third kappa shape index (κ3) is 8.09. The van der Waals surface area contributed by atoms with Crippen molar-refractivity contribution in [3.8, 4) is 10.7 Å². The van der Waals surface area contributed by atoms with E-state index in [0.29, 0.717) is 0 Å². The summed E-state index contributed by atoms with van der Waals surface area (Å²) in [5.74, 6) is 7.77. The second-order valence-electron chi connectivity index (χ2n) is 2.93. The largest absolute Gasteiger partial charge is 0.369 e. The van der Waals surface area contributed by atoms with Gasteiger partial charge in [-0.1, -0.05) is 31.3 Å². The lowest BCUT2D eigenvalue weighted by molar-refractivity contribution is 0.737. The van der Waals surface area contributed by atoms with Gasteiger partial charge in [-0.25, -0.2) is 4.78 Å². The Bertz CT molecular complexity index is 116. The van der Waals surface area contributed by atoms with E-state index >= 15 is 0 Å². The summed E-state index contributed by atoms with van der Waals surface area (Å²) in [6.45, 7) is 2.23. The maximum atomic E-state index is 3.29. The maximum Gasteiger partial charge on any atom is 0.369 e. The second kappa shape index (κ2) is 7.20. The molecule has 0 aromatic carbocycles. The molecule has 0 saturated heterocycles. The summed E-state index contributed by atoms with van der Waals surface area (Å²) in [5, 5.41) is 0. The van der Waals surface area contributed by atoms with E-state index in [1.165, 1.54) is 19.3 Å². The molecule has 0 N–H and O–H groups in total. The summed E-state index contributed by atoms with van der Waals surface area (Å²) in [6.07, 6.45) is 5.07. The predicted molar refractivity (Wildman–Crippen MR) is 49.4 cm³/mol. The molecule has 10 heavy (non-hydrogen) atoms. The first kappa shape index (κ1) is 10.1. The lowest BCUT2D eigenvalue weighted by Crippen LogP contribution is -1.92. The molecular weight excluding hydrogens is 135 g/mol. The van der Waals surface area contributed by atoms with Crippen LogP contribution in [0.1, 0.15) is 32.6 Å². The van der Waals surface area contributed by atoms with E-state index < -0.39 is 14.1 Å². The average Bonchev–Trinajstić information content (AvgIpc) is 1.87. The summed E-state index contributed by atoms with van der Waals surface area (Å²) in [7, 11) is 0.